The fourth-order valence-electron chi connectivity index (χ4n) is 2.49. The zero-order valence-electron chi connectivity index (χ0n) is 14.8. The Morgan fingerprint density at radius 3 is 2.33 bits per heavy atom. The number of ether oxygens (including phenoxy) is 2. The number of nitrogens with zero attached hydrogens (tertiary/aromatic N) is 1. The number of rotatable bonds is 4. The number of hydrogen-bond donors (Lipinski definition) is 1. The van der Waals surface area contributed by atoms with E-state index in [1.54, 1.807) is 26.2 Å². The van der Waals surface area contributed by atoms with Crippen molar-refractivity contribution >= 4 is 32.2 Å². The van der Waals surface area contributed by atoms with E-state index in [-0.39, 0.29) is 0 Å². The van der Waals surface area contributed by atoms with Crippen LogP contribution in [0.25, 0.3) is 10.9 Å². The Morgan fingerprint density at radius 2 is 1.83 bits per heavy atom. The van der Waals surface area contributed by atoms with Crippen molar-refractivity contribution in [1.29, 1.82) is 4.78 Å². The molecule has 2 unspecified atom stereocenters. The van der Waals surface area contributed by atoms with E-state index in [1.807, 2.05) is 26.8 Å². The number of aromatic nitrogens is 1. The normalized spacial score (nSPS) is 15.8. The van der Waals surface area contributed by atoms with E-state index >= 15 is 0 Å². The zero-order chi connectivity index (χ0) is 18.3. The van der Waals surface area contributed by atoms with Crippen LogP contribution >= 0.6 is 11.6 Å². The van der Waals surface area contributed by atoms with Gasteiger partial charge in [0.25, 0.3) is 0 Å². The van der Waals surface area contributed by atoms with Gasteiger partial charge in [0, 0.05) is 21.8 Å². The SMILES string of the molecule is COc1cc2nc(OC)c(C(C)S(=N)(=O)C(C)(C)C)cc2cc1Cl. The van der Waals surface area contributed by atoms with Gasteiger partial charge >= 0.3 is 0 Å². The molecule has 2 aromatic rings. The molecule has 0 saturated heterocycles. The summed E-state index contributed by atoms with van der Waals surface area (Å²) in [6, 6.07) is 5.33. The van der Waals surface area contributed by atoms with Gasteiger partial charge in [-0.15, -0.1) is 0 Å². The van der Waals surface area contributed by atoms with Crippen LogP contribution in [0.4, 0.5) is 0 Å². The van der Waals surface area contributed by atoms with Crippen LogP contribution in [0.5, 0.6) is 11.6 Å². The third kappa shape index (κ3) is 3.17. The number of benzene rings is 1. The lowest BCUT2D eigenvalue weighted by molar-refractivity contribution is 0.393. The first-order valence-electron chi connectivity index (χ1n) is 7.52. The van der Waals surface area contributed by atoms with Gasteiger partial charge in [0.05, 0.1) is 39.7 Å². The Hall–Kier alpha value is -1.53. The molecule has 2 rings (SSSR count). The molecule has 0 spiro atoms. The summed E-state index contributed by atoms with van der Waals surface area (Å²) >= 11 is 6.19. The first-order chi connectivity index (χ1) is 11.0. The Labute approximate surface area is 148 Å². The molecule has 0 aliphatic carbocycles. The molecule has 0 saturated carbocycles. The molecule has 0 fully saturated rings. The minimum atomic E-state index is -2.93. The molecule has 0 aliphatic heterocycles. The summed E-state index contributed by atoms with van der Waals surface area (Å²) in [5, 5.41) is 0.718. The maximum Gasteiger partial charge on any atom is 0.218 e. The molecule has 1 aromatic carbocycles. The summed E-state index contributed by atoms with van der Waals surface area (Å²) in [7, 11) is 0.124. The molecule has 1 heterocycles. The summed E-state index contributed by atoms with van der Waals surface area (Å²) in [6.45, 7) is 7.20. The second-order valence-electron chi connectivity index (χ2n) is 6.62. The smallest absolute Gasteiger partial charge is 0.218 e. The van der Waals surface area contributed by atoms with Crippen molar-refractivity contribution in [3.63, 3.8) is 0 Å². The first-order valence-corrected chi connectivity index (χ1v) is 9.52. The number of hydrogen-bond acceptors (Lipinski definition) is 5. The molecule has 1 N–H and O–H groups in total. The predicted molar refractivity (Wildman–Crippen MR) is 98.9 cm³/mol. The van der Waals surface area contributed by atoms with Crippen LogP contribution in [0.1, 0.15) is 38.5 Å². The average Bonchev–Trinajstić information content (AvgIpc) is 2.51. The van der Waals surface area contributed by atoms with E-state index in [1.165, 1.54) is 7.11 Å². The van der Waals surface area contributed by atoms with Gasteiger partial charge in [-0.05, 0) is 39.8 Å². The van der Waals surface area contributed by atoms with Crippen LogP contribution in [0, 0.1) is 4.78 Å². The van der Waals surface area contributed by atoms with Crippen molar-refractivity contribution in [2.75, 3.05) is 14.2 Å². The topological polar surface area (TPSA) is 72.3 Å². The van der Waals surface area contributed by atoms with Crippen molar-refractivity contribution in [3.8, 4) is 11.6 Å². The van der Waals surface area contributed by atoms with E-state index in [4.69, 9.17) is 25.9 Å². The third-order valence-electron chi connectivity index (χ3n) is 4.12. The second kappa shape index (κ2) is 6.41. The summed E-state index contributed by atoms with van der Waals surface area (Å²) in [6.07, 6.45) is 0. The van der Waals surface area contributed by atoms with Crippen molar-refractivity contribution in [1.82, 2.24) is 4.98 Å². The highest BCUT2D eigenvalue weighted by molar-refractivity contribution is 7.93. The minimum absolute atomic E-state index is 0.364. The average molecular weight is 371 g/mol. The van der Waals surface area contributed by atoms with Crippen molar-refractivity contribution < 1.29 is 13.7 Å². The number of pyridine rings is 1. The molecule has 0 radical (unpaired) electrons. The fourth-order valence-corrected chi connectivity index (χ4v) is 4.33. The van der Waals surface area contributed by atoms with Crippen molar-refractivity contribution in [3.05, 3.63) is 28.8 Å². The summed E-state index contributed by atoms with van der Waals surface area (Å²) in [5.41, 5.74) is 1.30. The predicted octanol–water partition coefficient (Wildman–Crippen LogP) is 4.81. The van der Waals surface area contributed by atoms with Crippen LogP contribution in [0.3, 0.4) is 0 Å². The number of halogens is 1. The Balaban J connectivity index is 2.70. The molecule has 7 heteroatoms. The van der Waals surface area contributed by atoms with Gasteiger partial charge in [-0.25, -0.2) is 9.19 Å². The van der Waals surface area contributed by atoms with Gasteiger partial charge in [0.1, 0.15) is 5.75 Å². The van der Waals surface area contributed by atoms with E-state index in [0.29, 0.717) is 27.7 Å². The standard InChI is InChI=1S/C17H23ClN2O3S/c1-10(24(19,21)17(2,3)4)12-7-11-8-13(18)15(22-5)9-14(11)20-16(12)23-6/h7-10,19H,1-6H3. The molecule has 0 bridgehead atoms. The maximum absolute atomic E-state index is 13.0. The molecule has 0 aliphatic rings. The number of fused-ring (bicyclic) bond motifs is 1. The van der Waals surface area contributed by atoms with Crippen molar-refractivity contribution in [2.45, 2.75) is 37.7 Å². The van der Waals surface area contributed by atoms with Gasteiger partial charge in [0.2, 0.25) is 5.88 Å². The first kappa shape index (κ1) is 18.8. The van der Waals surface area contributed by atoms with E-state index in [9.17, 15) is 4.21 Å². The van der Waals surface area contributed by atoms with E-state index in [2.05, 4.69) is 4.98 Å². The van der Waals surface area contributed by atoms with Gasteiger partial charge in [-0.1, -0.05) is 11.6 Å². The van der Waals surface area contributed by atoms with Crippen LogP contribution in [-0.2, 0) is 9.73 Å². The third-order valence-corrected chi connectivity index (χ3v) is 7.48. The lowest BCUT2D eigenvalue weighted by Crippen LogP contribution is -2.30. The van der Waals surface area contributed by atoms with Crippen LogP contribution < -0.4 is 9.47 Å². The molecule has 24 heavy (non-hydrogen) atoms. The Kier molecular flexibility index (Phi) is 5.02. The lowest BCUT2D eigenvalue weighted by Gasteiger charge is -2.28. The van der Waals surface area contributed by atoms with Gasteiger partial charge in [0.15, 0.2) is 0 Å². The molecule has 0 amide bonds. The monoisotopic (exact) mass is 370 g/mol. The van der Waals surface area contributed by atoms with Crippen LogP contribution in [0.2, 0.25) is 5.02 Å². The number of methoxy groups -OCH3 is 2. The van der Waals surface area contributed by atoms with E-state index in [0.717, 1.165) is 5.39 Å². The summed E-state index contributed by atoms with van der Waals surface area (Å²) in [4.78, 5) is 4.49. The van der Waals surface area contributed by atoms with E-state index < -0.39 is 19.7 Å². The Bertz CT molecular complexity index is 874. The molecule has 132 valence electrons. The van der Waals surface area contributed by atoms with Crippen LogP contribution in [0.15, 0.2) is 18.2 Å². The number of nitrogens with one attached hydrogen (secondary N) is 1. The minimum Gasteiger partial charge on any atom is -0.495 e. The molecular formula is C17H23ClN2O3S. The van der Waals surface area contributed by atoms with Crippen LogP contribution in [-0.4, -0.2) is 28.2 Å². The summed E-state index contributed by atoms with van der Waals surface area (Å²) in [5.74, 6) is 0.891. The van der Waals surface area contributed by atoms with Crippen molar-refractivity contribution in [2.24, 2.45) is 0 Å². The zero-order valence-corrected chi connectivity index (χ0v) is 16.3. The highest BCUT2D eigenvalue weighted by Gasteiger charge is 2.33. The molecular weight excluding hydrogens is 348 g/mol. The fraction of sp³-hybridized carbons (Fsp3) is 0.471. The summed E-state index contributed by atoms with van der Waals surface area (Å²) < 4.78 is 31.4. The lowest BCUT2D eigenvalue weighted by atomic mass is 10.1. The molecule has 1 aromatic heterocycles. The van der Waals surface area contributed by atoms with Gasteiger partial charge < -0.3 is 9.47 Å². The highest BCUT2D eigenvalue weighted by Crippen LogP contribution is 2.39. The molecule has 5 nitrogen and oxygen atoms in total. The Morgan fingerprint density at radius 1 is 1.21 bits per heavy atom. The maximum atomic E-state index is 13.0. The largest absolute Gasteiger partial charge is 0.495 e. The van der Waals surface area contributed by atoms with Gasteiger partial charge in [-0.3, -0.25) is 4.78 Å². The quantitative estimate of drug-likeness (QED) is 0.837. The second-order valence-corrected chi connectivity index (χ2v) is 10.2. The highest BCUT2D eigenvalue weighted by atomic mass is 35.5. The molecule has 2 atom stereocenters. The van der Waals surface area contributed by atoms with Gasteiger partial charge in [-0.2, -0.15) is 0 Å².